The van der Waals surface area contributed by atoms with Crippen LogP contribution in [-0.4, -0.2) is 21.0 Å². The van der Waals surface area contributed by atoms with E-state index in [1.165, 1.54) is 11.1 Å². The number of carbonyl (C=O) groups excluding carboxylic acids is 1. The normalized spacial score (nSPS) is 10.8. The summed E-state index contributed by atoms with van der Waals surface area (Å²) in [7, 11) is 1.82. The molecule has 0 bridgehead atoms. The first-order chi connectivity index (χ1) is 13.5. The molecule has 0 aliphatic carbocycles. The Labute approximate surface area is 169 Å². The van der Waals surface area contributed by atoms with Crippen LogP contribution in [0, 0.1) is 13.8 Å². The zero-order chi connectivity index (χ0) is 20.1. The number of aromatic nitrogens is 2. The topological polar surface area (TPSA) is 56.0 Å². The zero-order valence-corrected chi connectivity index (χ0v) is 17.3. The number of hydrogen-bond donors (Lipinski definition) is 1. The number of nitrogens with zero attached hydrogens (tertiary/aromatic N) is 2. The van der Waals surface area contributed by atoms with Gasteiger partial charge in [0, 0.05) is 25.0 Å². The summed E-state index contributed by atoms with van der Waals surface area (Å²) >= 11 is 1.72. The van der Waals surface area contributed by atoms with E-state index >= 15 is 0 Å². The lowest BCUT2D eigenvalue weighted by Gasteiger charge is -2.07. The van der Waals surface area contributed by atoms with Gasteiger partial charge in [-0.1, -0.05) is 48.0 Å². The lowest BCUT2D eigenvalue weighted by atomic mass is 10.2. The molecule has 3 aromatic rings. The number of carbonyl (C=O) groups is 1. The van der Waals surface area contributed by atoms with Gasteiger partial charge in [0.05, 0.1) is 11.4 Å². The highest BCUT2D eigenvalue weighted by molar-refractivity contribution is 7.98. The van der Waals surface area contributed by atoms with Crippen molar-refractivity contribution in [1.29, 1.82) is 0 Å². The van der Waals surface area contributed by atoms with Gasteiger partial charge < -0.3 is 5.32 Å². The monoisotopic (exact) mass is 395 g/mol. The maximum Gasteiger partial charge on any atom is 0.295 e. The van der Waals surface area contributed by atoms with Crippen molar-refractivity contribution in [3.8, 4) is 5.69 Å². The number of rotatable bonds is 7. The molecule has 146 valence electrons. The predicted octanol–water partition coefficient (Wildman–Crippen LogP) is 4.05. The molecule has 1 N–H and O–H groups in total. The molecule has 28 heavy (non-hydrogen) atoms. The van der Waals surface area contributed by atoms with Gasteiger partial charge in [-0.3, -0.25) is 14.3 Å². The summed E-state index contributed by atoms with van der Waals surface area (Å²) < 4.78 is 3.33. The van der Waals surface area contributed by atoms with Crippen LogP contribution >= 0.6 is 11.8 Å². The molecule has 0 aliphatic rings. The van der Waals surface area contributed by atoms with Crippen molar-refractivity contribution in [3.63, 3.8) is 0 Å². The largest absolute Gasteiger partial charge is 0.320 e. The summed E-state index contributed by atoms with van der Waals surface area (Å²) in [5.74, 6) is 1.45. The number of anilines is 1. The van der Waals surface area contributed by atoms with Crippen LogP contribution in [0.25, 0.3) is 5.69 Å². The maximum absolute atomic E-state index is 12.8. The third kappa shape index (κ3) is 4.57. The molecular weight excluding hydrogens is 370 g/mol. The Morgan fingerprint density at radius 3 is 2.54 bits per heavy atom. The molecule has 3 rings (SSSR count). The second-order valence-corrected chi connectivity index (χ2v) is 7.88. The van der Waals surface area contributed by atoms with E-state index in [4.69, 9.17) is 0 Å². The third-order valence-electron chi connectivity index (χ3n) is 4.64. The van der Waals surface area contributed by atoms with Gasteiger partial charge in [-0.25, -0.2) is 4.68 Å². The summed E-state index contributed by atoms with van der Waals surface area (Å²) in [6.45, 7) is 3.91. The first kappa shape index (κ1) is 20.0. The fourth-order valence-electron chi connectivity index (χ4n) is 3.07. The van der Waals surface area contributed by atoms with Crippen molar-refractivity contribution >= 4 is 23.4 Å². The smallest absolute Gasteiger partial charge is 0.295 e. The fourth-order valence-corrected chi connectivity index (χ4v) is 3.96. The Hall–Kier alpha value is -2.73. The van der Waals surface area contributed by atoms with Crippen LogP contribution in [0.5, 0.6) is 0 Å². The molecule has 5 nitrogen and oxygen atoms in total. The lowest BCUT2D eigenvalue weighted by Crippen LogP contribution is -2.23. The Balaban J connectivity index is 1.61. The molecule has 2 aromatic carbocycles. The van der Waals surface area contributed by atoms with Crippen molar-refractivity contribution in [1.82, 2.24) is 9.36 Å². The molecule has 6 heteroatoms. The van der Waals surface area contributed by atoms with E-state index in [-0.39, 0.29) is 11.5 Å². The summed E-state index contributed by atoms with van der Waals surface area (Å²) in [5.41, 5.74) is 4.13. The first-order valence-corrected chi connectivity index (χ1v) is 10.4. The number of amides is 1. The first-order valence-electron chi connectivity index (χ1n) is 9.24. The van der Waals surface area contributed by atoms with E-state index in [2.05, 4.69) is 30.4 Å². The number of thioether (sulfide) groups is 1. The van der Waals surface area contributed by atoms with Crippen LogP contribution in [0.1, 0.15) is 23.2 Å². The number of para-hydroxylation sites is 1. The maximum atomic E-state index is 12.8. The van der Waals surface area contributed by atoms with Crippen molar-refractivity contribution < 1.29 is 4.79 Å². The minimum absolute atomic E-state index is 0.136. The van der Waals surface area contributed by atoms with Crippen molar-refractivity contribution in [2.45, 2.75) is 26.0 Å². The van der Waals surface area contributed by atoms with E-state index in [1.54, 1.807) is 21.1 Å². The molecule has 1 amide bonds. The summed E-state index contributed by atoms with van der Waals surface area (Å²) in [4.78, 5) is 25.2. The van der Waals surface area contributed by atoms with Crippen molar-refractivity contribution in [3.05, 3.63) is 81.8 Å². The van der Waals surface area contributed by atoms with Gasteiger partial charge in [0.1, 0.15) is 5.69 Å². The van der Waals surface area contributed by atoms with Gasteiger partial charge in [0.15, 0.2) is 0 Å². The van der Waals surface area contributed by atoms with Gasteiger partial charge in [-0.2, -0.15) is 11.8 Å². The van der Waals surface area contributed by atoms with E-state index in [0.29, 0.717) is 17.9 Å². The predicted molar refractivity (Wildman–Crippen MR) is 116 cm³/mol. The van der Waals surface area contributed by atoms with E-state index < -0.39 is 0 Å². The number of nitrogens with one attached hydrogen (secondary N) is 1. The molecule has 0 saturated carbocycles. The van der Waals surface area contributed by atoms with Crippen LogP contribution in [0.2, 0.25) is 0 Å². The van der Waals surface area contributed by atoms with E-state index in [0.717, 1.165) is 17.1 Å². The van der Waals surface area contributed by atoms with Crippen LogP contribution in [0.15, 0.2) is 59.4 Å². The Morgan fingerprint density at radius 2 is 1.82 bits per heavy atom. The second kappa shape index (κ2) is 8.97. The van der Waals surface area contributed by atoms with Crippen LogP contribution in [-0.2, 0) is 17.6 Å². The second-order valence-electron chi connectivity index (χ2n) is 6.78. The van der Waals surface area contributed by atoms with Crippen molar-refractivity contribution in [2.75, 3.05) is 11.1 Å². The fraction of sp³-hybridized carbons (Fsp3) is 0.273. The third-order valence-corrected chi connectivity index (χ3v) is 5.67. The number of aryl methyl sites for hydroxylation is 1. The standard InChI is InChI=1S/C22H25N3O2S/c1-16-8-7-9-18(14-16)15-28-13-12-20(26)23-21-17(2)24(3)25(22(21)27)19-10-5-4-6-11-19/h4-11,14H,12-13,15H2,1-3H3,(H,23,26). The van der Waals surface area contributed by atoms with Gasteiger partial charge in [-0.05, 0) is 31.5 Å². The molecule has 0 saturated heterocycles. The Bertz CT molecular complexity index is 1020. The summed E-state index contributed by atoms with van der Waals surface area (Å²) in [6, 6.07) is 17.8. The molecule has 0 aliphatic heterocycles. The molecule has 0 radical (unpaired) electrons. The summed E-state index contributed by atoms with van der Waals surface area (Å²) in [6.07, 6.45) is 0.371. The average molecular weight is 396 g/mol. The Kier molecular flexibility index (Phi) is 6.41. The SMILES string of the molecule is Cc1cccc(CSCCC(=O)Nc2c(C)n(C)n(-c3ccccc3)c2=O)c1. The minimum Gasteiger partial charge on any atom is -0.320 e. The molecule has 1 aromatic heterocycles. The van der Waals surface area contributed by atoms with Crippen LogP contribution in [0.3, 0.4) is 0 Å². The molecule has 0 unspecified atom stereocenters. The molecule has 0 fully saturated rings. The van der Waals surface area contributed by atoms with Crippen molar-refractivity contribution in [2.24, 2.45) is 7.05 Å². The van der Waals surface area contributed by atoms with Gasteiger partial charge in [0.2, 0.25) is 5.91 Å². The van der Waals surface area contributed by atoms with Gasteiger partial charge in [-0.15, -0.1) is 0 Å². The van der Waals surface area contributed by atoms with Gasteiger partial charge in [0.25, 0.3) is 5.56 Å². The minimum atomic E-state index is -0.216. The highest BCUT2D eigenvalue weighted by Gasteiger charge is 2.17. The quantitative estimate of drug-likeness (QED) is 0.614. The number of benzene rings is 2. The van der Waals surface area contributed by atoms with Crippen LogP contribution < -0.4 is 10.9 Å². The van der Waals surface area contributed by atoms with E-state index in [1.807, 2.05) is 50.4 Å². The summed E-state index contributed by atoms with van der Waals surface area (Å²) in [5, 5.41) is 2.81. The highest BCUT2D eigenvalue weighted by atomic mass is 32.2. The van der Waals surface area contributed by atoms with E-state index in [9.17, 15) is 9.59 Å². The molecule has 0 atom stereocenters. The van der Waals surface area contributed by atoms with Gasteiger partial charge >= 0.3 is 0 Å². The molecular formula is C22H25N3O2S. The average Bonchev–Trinajstić information content (AvgIpc) is 2.89. The molecule has 0 spiro atoms. The molecule has 1 heterocycles. The highest BCUT2D eigenvalue weighted by Crippen LogP contribution is 2.16. The number of hydrogen-bond acceptors (Lipinski definition) is 3. The lowest BCUT2D eigenvalue weighted by molar-refractivity contribution is -0.115. The Morgan fingerprint density at radius 1 is 1.07 bits per heavy atom. The van der Waals surface area contributed by atoms with Crippen LogP contribution in [0.4, 0.5) is 5.69 Å². The zero-order valence-electron chi connectivity index (χ0n) is 16.4.